The molecule has 0 bridgehead atoms. The second-order valence-corrected chi connectivity index (χ2v) is 8.65. The van der Waals surface area contributed by atoms with E-state index in [0.717, 1.165) is 22.4 Å². The Balaban J connectivity index is 1.45. The van der Waals surface area contributed by atoms with Crippen LogP contribution in [0.3, 0.4) is 0 Å². The van der Waals surface area contributed by atoms with Gasteiger partial charge in [0.25, 0.3) is 0 Å². The Hall–Kier alpha value is -1.01. The summed E-state index contributed by atoms with van der Waals surface area (Å²) in [5.74, 6) is 1.90. The maximum atomic E-state index is 4.48. The molecule has 1 N–H and O–H groups in total. The van der Waals surface area contributed by atoms with E-state index in [1.54, 1.807) is 17.0 Å². The van der Waals surface area contributed by atoms with Crippen LogP contribution in [-0.2, 0) is 0 Å². The van der Waals surface area contributed by atoms with Crippen molar-refractivity contribution in [2.75, 3.05) is 5.75 Å². The van der Waals surface area contributed by atoms with Crippen molar-refractivity contribution in [3.63, 3.8) is 0 Å². The molecule has 0 saturated carbocycles. The third kappa shape index (κ3) is 8.77. The van der Waals surface area contributed by atoms with Crippen LogP contribution in [0, 0.1) is 0 Å². The summed E-state index contributed by atoms with van der Waals surface area (Å²) >= 11 is 0. The fraction of sp³-hybridized carbons (Fsp3) is 0.632. The lowest BCUT2D eigenvalue weighted by Crippen LogP contribution is -1.83. The van der Waals surface area contributed by atoms with E-state index in [4.69, 9.17) is 0 Å². The molecule has 0 unspecified atom stereocenters. The molecule has 0 radical (unpaired) electrons. The minimum atomic E-state index is 0.739. The van der Waals surface area contributed by atoms with Gasteiger partial charge in [-0.2, -0.15) is 4.98 Å². The van der Waals surface area contributed by atoms with Gasteiger partial charge in [-0.3, -0.25) is 10.1 Å². The summed E-state index contributed by atoms with van der Waals surface area (Å²) in [6.45, 7) is 2.28. The minimum Gasteiger partial charge on any atom is -0.257 e. The minimum absolute atomic E-state index is 0.739. The van der Waals surface area contributed by atoms with Crippen LogP contribution in [0.4, 0.5) is 0 Å². The van der Waals surface area contributed by atoms with Crippen molar-refractivity contribution >= 4 is 21.6 Å². The molecule has 0 amide bonds. The number of aromatic amines is 1. The first-order valence-corrected chi connectivity index (χ1v) is 11.9. The first kappa shape index (κ1) is 20.3. The van der Waals surface area contributed by atoms with Gasteiger partial charge in [0.2, 0.25) is 5.16 Å². The van der Waals surface area contributed by atoms with E-state index in [1.807, 2.05) is 29.0 Å². The summed E-state index contributed by atoms with van der Waals surface area (Å²) in [7, 11) is 3.49. The van der Waals surface area contributed by atoms with E-state index in [1.165, 1.54) is 64.2 Å². The summed E-state index contributed by atoms with van der Waals surface area (Å²) in [6, 6.07) is 5.79. The molecular weight excluding hydrogens is 348 g/mol. The lowest BCUT2D eigenvalue weighted by atomic mass is 10.1. The smallest absolute Gasteiger partial charge is 0.219 e. The lowest BCUT2D eigenvalue weighted by Gasteiger charge is -2.02. The maximum Gasteiger partial charge on any atom is 0.219 e. The normalized spacial score (nSPS) is 11.1. The molecule has 0 fully saturated rings. The van der Waals surface area contributed by atoms with Crippen LogP contribution in [-0.4, -0.2) is 25.9 Å². The van der Waals surface area contributed by atoms with Gasteiger partial charge in [-0.25, -0.2) is 0 Å². The second kappa shape index (κ2) is 13.2. The molecule has 0 spiro atoms. The highest BCUT2D eigenvalue weighted by Crippen LogP contribution is 2.30. The van der Waals surface area contributed by atoms with Crippen LogP contribution in [0.1, 0.15) is 71.1 Å². The first-order chi connectivity index (χ1) is 12.4. The Morgan fingerprint density at radius 1 is 0.920 bits per heavy atom. The standard InChI is InChI=1S/C19H30N4S2/c1-2-3-4-5-6-7-8-9-10-13-16-24-25-19-21-18(22-23-19)17-14-11-12-15-20-17/h11-12,14-15H,2-10,13,16H2,1H3,(H,21,22,23). The molecule has 6 heteroatoms. The second-order valence-electron chi connectivity index (χ2n) is 6.27. The molecule has 0 aliphatic heterocycles. The fourth-order valence-electron chi connectivity index (χ4n) is 2.64. The third-order valence-electron chi connectivity index (χ3n) is 4.09. The number of H-pyrrole nitrogens is 1. The van der Waals surface area contributed by atoms with Crippen molar-refractivity contribution < 1.29 is 0 Å². The fourth-order valence-corrected chi connectivity index (χ4v) is 4.51. The summed E-state index contributed by atoms with van der Waals surface area (Å²) in [4.78, 5) is 8.76. The molecule has 2 aromatic rings. The van der Waals surface area contributed by atoms with Gasteiger partial charge in [0.05, 0.1) is 0 Å². The number of nitrogens with zero attached hydrogens (tertiary/aromatic N) is 3. The van der Waals surface area contributed by atoms with Gasteiger partial charge in [-0.15, -0.1) is 5.10 Å². The van der Waals surface area contributed by atoms with E-state index < -0.39 is 0 Å². The molecular formula is C19H30N4S2. The van der Waals surface area contributed by atoms with E-state index in [9.17, 15) is 0 Å². The molecule has 0 saturated heterocycles. The third-order valence-corrected chi connectivity index (χ3v) is 6.29. The Morgan fingerprint density at radius 2 is 1.64 bits per heavy atom. The van der Waals surface area contributed by atoms with Gasteiger partial charge in [-0.05, 0) is 29.3 Å². The number of hydrogen-bond acceptors (Lipinski definition) is 5. The van der Waals surface area contributed by atoms with Gasteiger partial charge < -0.3 is 0 Å². The highest BCUT2D eigenvalue weighted by atomic mass is 33.1. The van der Waals surface area contributed by atoms with Gasteiger partial charge in [0.1, 0.15) is 5.69 Å². The Morgan fingerprint density at radius 3 is 2.32 bits per heavy atom. The molecule has 4 nitrogen and oxygen atoms in total. The zero-order valence-corrected chi connectivity index (χ0v) is 16.9. The summed E-state index contributed by atoms with van der Waals surface area (Å²) in [5, 5.41) is 7.99. The molecule has 138 valence electrons. The zero-order chi connectivity index (χ0) is 17.6. The summed E-state index contributed by atoms with van der Waals surface area (Å²) < 4.78 is 0. The Labute approximate surface area is 159 Å². The Bertz CT molecular complexity index is 560. The average Bonchev–Trinajstić information content (AvgIpc) is 3.12. The molecule has 2 aromatic heterocycles. The predicted octanol–water partition coefficient (Wildman–Crippen LogP) is 6.53. The first-order valence-electron chi connectivity index (χ1n) is 9.53. The number of aromatic nitrogens is 4. The number of nitrogens with one attached hydrogen (secondary N) is 1. The van der Waals surface area contributed by atoms with E-state index in [2.05, 4.69) is 27.1 Å². The predicted molar refractivity (Wildman–Crippen MR) is 110 cm³/mol. The van der Waals surface area contributed by atoms with Crippen molar-refractivity contribution in [2.24, 2.45) is 0 Å². The largest absolute Gasteiger partial charge is 0.257 e. The van der Waals surface area contributed by atoms with Crippen molar-refractivity contribution in [1.29, 1.82) is 0 Å². The van der Waals surface area contributed by atoms with Gasteiger partial charge in [0, 0.05) is 11.9 Å². The van der Waals surface area contributed by atoms with E-state index in [0.29, 0.717) is 0 Å². The summed E-state index contributed by atoms with van der Waals surface area (Å²) in [6.07, 6.45) is 15.6. The van der Waals surface area contributed by atoms with Crippen molar-refractivity contribution in [1.82, 2.24) is 20.2 Å². The number of rotatable bonds is 14. The van der Waals surface area contributed by atoms with Crippen LogP contribution < -0.4 is 0 Å². The van der Waals surface area contributed by atoms with Crippen molar-refractivity contribution in [3.8, 4) is 11.5 Å². The topological polar surface area (TPSA) is 54.5 Å². The van der Waals surface area contributed by atoms with E-state index >= 15 is 0 Å². The van der Waals surface area contributed by atoms with Gasteiger partial charge in [-0.1, -0.05) is 81.6 Å². The van der Waals surface area contributed by atoms with Crippen LogP contribution in [0.25, 0.3) is 11.5 Å². The van der Waals surface area contributed by atoms with Crippen molar-refractivity contribution in [2.45, 2.75) is 76.3 Å². The van der Waals surface area contributed by atoms with Crippen LogP contribution in [0.5, 0.6) is 0 Å². The quantitative estimate of drug-likeness (QED) is 0.299. The number of hydrogen-bond donors (Lipinski definition) is 1. The zero-order valence-electron chi connectivity index (χ0n) is 15.2. The highest BCUT2D eigenvalue weighted by Gasteiger charge is 2.06. The highest BCUT2D eigenvalue weighted by molar-refractivity contribution is 8.76. The molecule has 0 aromatic carbocycles. The number of pyridine rings is 1. The SMILES string of the molecule is CCCCCCCCCCCCSSc1n[nH]c(-c2ccccn2)n1. The molecule has 0 aliphatic carbocycles. The van der Waals surface area contributed by atoms with Crippen LogP contribution in [0.2, 0.25) is 0 Å². The molecule has 2 heterocycles. The molecule has 0 atom stereocenters. The maximum absolute atomic E-state index is 4.48. The van der Waals surface area contributed by atoms with Gasteiger partial charge in [0.15, 0.2) is 5.82 Å². The van der Waals surface area contributed by atoms with Crippen LogP contribution in [0.15, 0.2) is 29.6 Å². The summed E-state index contributed by atoms with van der Waals surface area (Å²) in [5.41, 5.74) is 0.835. The Kier molecular flexibility index (Phi) is 10.7. The molecule has 2 rings (SSSR count). The van der Waals surface area contributed by atoms with E-state index in [-0.39, 0.29) is 0 Å². The lowest BCUT2D eigenvalue weighted by molar-refractivity contribution is 0.563. The average molecular weight is 379 g/mol. The van der Waals surface area contributed by atoms with Crippen LogP contribution >= 0.6 is 21.6 Å². The monoisotopic (exact) mass is 378 g/mol. The molecule has 25 heavy (non-hydrogen) atoms. The molecule has 0 aliphatic rings. The van der Waals surface area contributed by atoms with Gasteiger partial charge >= 0.3 is 0 Å². The van der Waals surface area contributed by atoms with Crippen molar-refractivity contribution in [3.05, 3.63) is 24.4 Å². The number of unbranched alkanes of at least 4 members (excludes halogenated alkanes) is 9.